The lowest BCUT2D eigenvalue weighted by molar-refractivity contribution is -0.275. The van der Waals surface area contributed by atoms with Crippen LogP contribution in [0.15, 0.2) is 24.3 Å². The van der Waals surface area contributed by atoms with Gasteiger partial charge in [-0.25, -0.2) is 0 Å². The van der Waals surface area contributed by atoms with Crippen LogP contribution < -0.4 is 0 Å². The van der Waals surface area contributed by atoms with E-state index in [-0.39, 0.29) is 34.4 Å². The molecule has 0 aliphatic heterocycles. The molecule has 0 aromatic heterocycles. The van der Waals surface area contributed by atoms with Crippen molar-refractivity contribution >= 4 is 0 Å². The van der Waals surface area contributed by atoms with Gasteiger partial charge in [0.05, 0.1) is 12.2 Å². The van der Waals surface area contributed by atoms with Gasteiger partial charge in [0.2, 0.25) is 0 Å². The van der Waals surface area contributed by atoms with E-state index in [1.165, 1.54) is 38.5 Å². The third kappa shape index (κ3) is 9.89. The third-order valence-corrected chi connectivity index (χ3v) is 7.17. The van der Waals surface area contributed by atoms with Crippen molar-refractivity contribution in [2.75, 3.05) is 0 Å². The molecule has 0 saturated heterocycles. The summed E-state index contributed by atoms with van der Waals surface area (Å²) in [5, 5.41) is 4.42. The molecule has 36 heavy (non-hydrogen) atoms. The highest BCUT2D eigenvalue weighted by molar-refractivity contribution is 5.05. The van der Waals surface area contributed by atoms with Crippen molar-refractivity contribution in [1.82, 2.24) is 10.1 Å². The molecule has 0 radical (unpaired) electrons. The average molecular weight is 505 g/mol. The van der Waals surface area contributed by atoms with Gasteiger partial charge in [0.25, 0.3) is 0 Å². The van der Waals surface area contributed by atoms with Crippen molar-refractivity contribution in [3.8, 4) is 0 Å². The minimum Gasteiger partial charge on any atom is -0.291 e. The maximum Gasteiger partial charge on any atom is 0.0974 e. The van der Waals surface area contributed by atoms with Gasteiger partial charge >= 0.3 is 0 Å². The molecule has 0 fully saturated rings. The second-order valence-electron chi connectivity index (χ2n) is 15.2. The van der Waals surface area contributed by atoms with E-state index in [0.717, 1.165) is 12.8 Å². The molecule has 0 aromatic carbocycles. The van der Waals surface area contributed by atoms with Crippen molar-refractivity contribution in [3.63, 3.8) is 0 Å². The molecule has 2 aliphatic carbocycles. The van der Waals surface area contributed by atoms with Crippen LogP contribution in [0.1, 0.15) is 134 Å². The van der Waals surface area contributed by atoms with Crippen LogP contribution in [-0.4, -0.2) is 44.5 Å². The minimum absolute atomic E-state index is 0.0425. The van der Waals surface area contributed by atoms with Gasteiger partial charge in [-0.3, -0.25) is 9.68 Å². The molecule has 0 saturated carbocycles. The molecule has 0 N–H and O–H groups in total. The summed E-state index contributed by atoms with van der Waals surface area (Å²) in [6.45, 7) is 26.9. The quantitative estimate of drug-likeness (QED) is 0.276. The number of hydrogen-bond donors (Lipinski definition) is 0. The molecule has 4 heteroatoms. The van der Waals surface area contributed by atoms with Crippen molar-refractivity contribution in [2.45, 2.75) is 169 Å². The second-order valence-corrected chi connectivity index (χ2v) is 15.2. The van der Waals surface area contributed by atoms with E-state index in [1.807, 2.05) is 0 Å². The van der Waals surface area contributed by atoms with E-state index in [2.05, 4.69) is 118 Å². The molecular formula is C32H60N2O2. The summed E-state index contributed by atoms with van der Waals surface area (Å²) in [5.41, 5.74) is -0.170. The summed E-state index contributed by atoms with van der Waals surface area (Å²) in [5.74, 6) is 1.15. The van der Waals surface area contributed by atoms with Gasteiger partial charge in [-0.15, -0.1) is 0 Å². The molecule has 210 valence electrons. The van der Waals surface area contributed by atoms with Gasteiger partial charge in [-0.1, -0.05) is 50.0 Å². The molecule has 0 aromatic rings. The van der Waals surface area contributed by atoms with Gasteiger partial charge in [-0.05, 0) is 121 Å². The monoisotopic (exact) mass is 504 g/mol. The Morgan fingerprint density at radius 2 is 0.722 bits per heavy atom. The first-order valence-corrected chi connectivity index (χ1v) is 14.7. The number of nitrogens with zero attached hydrogens (tertiary/aromatic N) is 2. The summed E-state index contributed by atoms with van der Waals surface area (Å²) in [4.78, 5) is 13.3. The van der Waals surface area contributed by atoms with Gasteiger partial charge in [0, 0.05) is 22.2 Å². The van der Waals surface area contributed by atoms with Crippen LogP contribution in [0.5, 0.6) is 0 Å². The summed E-state index contributed by atoms with van der Waals surface area (Å²) in [6.07, 6.45) is 19.7. The molecule has 4 atom stereocenters. The first-order chi connectivity index (χ1) is 16.4. The Kier molecular flexibility index (Phi) is 10.9. The normalized spacial score (nSPS) is 29.4. The van der Waals surface area contributed by atoms with Crippen molar-refractivity contribution < 1.29 is 9.68 Å². The summed E-state index contributed by atoms with van der Waals surface area (Å²) < 4.78 is 0. The molecule has 2 rings (SSSR count). The fourth-order valence-corrected chi connectivity index (χ4v) is 6.17. The Bertz CT molecular complexity index is 624. The Labute approximate surface area is 224 Å². The van der Waals surface area contributed by atoms with Crippen LogP contribution in [0.4, 0.5) is 0 Å². The highest BCUT2D eigenvalue weighted by atomic mass is 16.7. The van der Waals surface area contributed by atoms with Crippen LogP contribution in [-0.2, 0) is 9.68 Å². The number of hydroxylamine groups is 4. The summed E-state index contributed by atoms with van der Waals surface area (Å²) >= 11 is 0. The summed E-state index contributed by atoms with van der Waals surface area (Å²) in [7, 11) is 0. The third-order valence-electron chi connectivity index (χ3n) is 7.17. The maximum atomic E-state index is 6.66. The Morgan fingerprint density at radius 3 is 1.00 bits per heavy atom. The molecule has 0 unspecified atom stereocenters. The lowest BCUT2D eigenvalue weighted by Crippen LogP contribution is -2.53. The van der Waals surface area contributed by atoms with Crippen LogP contribution in [0.3, 0.4) is 0 Å². The molecule has 0 amide bonds. The van der Waals surface area contributed by atoms with Gasteiger partial charge in [0.15, 0.2) is 0 Å². The zero-order chi connectivity index (χ0) is 27.4. The molecule has 2 aliphatic rings. The highest BCUT2D eigenvalue weighted by Gasteiger charge is 2.36. The van der Waals surface area contributed by atoms with Crippen LogP contribution in [0.2, 0.25) is 0 Å². The molecule has 0 spiro atoms. The number of rotatable bonds is 5. The second kappa shape index (κ2) is 12.5. The fraction of sp³-hybridized carbons (Fsp3) is 0.875. The first kappa shape index (κ1) is 31.5. The zero-order valence-electron chi connectivity index (χ0n) is 26.0. The predicted molar refractivity (Wildman–Crippen MR) is 155 cm³/mol. The molecule has 0 heterocycles. The van der Waals surface area contributed by atoms with E-state index in [4.69, 9.17) is 9.68 Å². The Hall–Kier alpha value is -0.680. The lowest BCUT2D eigenvalue weighted by Gasteiger charge is -2.45. The minimum atomic E-state index is -0.0425. The van der Waals surface area contributed by atoms with Crippen molar-refractivity contribution in [1.29, 1.82) is 0 Å². The fourth-order valence-electron chi connectivity index (χ4n) is 6.17. The average Bonchev–Trinajstić information content (AvgIpc) is 2.64. The van der Waals surface area contributed by atoms with Gasteiger partial charge in [0.1, 0.15) is 0 Å². The SMILES string of the molecule is CC(C)(C)N(O[C@@H]1/C=C\[C@H]([C@@H]2/C=C\[C@H](ON(C(C)(C)C)C(C)(C)C)CCCC2)CCCC1)C(C)(C)C. The first-order valence-electron chi connectivity index (χ1n) is 14.7. The van der Waals surface area contributed by atoms with Gasteiger partial charge in [-0.2, -0.15) is 10.1 Å². The van der Waals surface area contributed by atoms with E-state index in [0.29, 0.717) is 11.8 Å². The lowest BCUT2D eigenvalue weighted by atomic mass is 9.81. The molecular weight excluding hydrogens is 444 g/mol. The highest BCUT2D eigenvalue weighted by Crippen LogP contribution is 2.34. The molecule has 4 nitrogen and oxygen atoms in total. The van der Waals surface area contributed by atoms with Crippen LogP contribution in [0.25, 0.3) is 0 Å². The Morgan fingerprint density at radius 1 is 0.444 bits per heavy atom. The van der Waals surface area contributed by atoms with Crippen molar-refractivity contribution in [3.05, 3.63) is 24.3 Å². The van der Waals surface area contributed by atoms with E-state index in [1.54, 1.807) is 0 Å². The maximum absolute atomic E-state index is 6.66. The topological polar surface area (TPSA) is 24.9 Å². The zero-order valence-corrected chi connectivity index (χ0v) is 26.0. The van der Waals surface area contributed by atoms with Crippen molar-refractivity contribution in [2.24, 2.45) is 11.8 Å². The van der Waals surface area contributed by atoms with Crippen LogP contribution >= 0.6 is 0 Å². The summed E-state index contributed by atoms with van der Waals surface area (Å²) in [6, 6.07) is 0. The smallest absolute Gasteiger partial charge is 0.0974 e. The van der Waals surface area contributed by atoms with E-state index >= 15 is 0 Å². The standard InChI is InChI=1S/C32H60N2O2/c1-29(2,3)33(30(4,5)6)35-27-19-15-13-17-25(21-23-27)26-18-14-16-20-28(24-22-26)36-34(31(7,8)9)32(10,11)12/h21-28H,13-20H2,1-12H3/b23-21-,24-22-/t25-,26+,27+,28-. The van der Waals surface area contributed by atoms with Crippen LogP contribution in [0, 0.1) is 11.8 Å². The van der Waals surface area contributed by atoms with E-state index in [9.17, 15) is 0 Å². The largest absolute Gasteiger partial charge is 0.291 e. The van der Waals surface area contributed by atoms with E-state index < -0.39 is 0 Å². The molecule has 0 bridgehead atoms. The predicted octanol–water partition coefficient (Wildman–Crippen LogP) is 8.88. The number of allylic oxidation sites excluding steroid dienone is 2. The Balaban J connectivity index is 2.16. The van der Waals surface area contributed by atoms with Gasteiger partial charge < -0.3 is 0 Å². The number of hydrogen-bond acceptors (Lipinski definition) is 4.